The van der Waals surface area contributed by atoms with E-state index >= 15 is 0 Å². The lowest BCUT2D eigenvalue weighted by Crippen LogP contribution is -2.36. The topological polar surface area (TPSA) is 69.0 Å². The molecule has 1 unspecified atom stereocenters. The highest BCUT2D eigenvalue weighted by Gasteiger charge is 2.19. The zero-order valence-electron chi connectivity index (χ0n) is 12.8. The molecule has 2 heterocycles. The average Bonchev–Trinajstić information content (AvgIpc) is 2.71. The molecule has 7 heteroatoms. The second kappa shape index (κ2) is 8.38. The Balaban J connectivity index is 1.85. The molecular weight excluding hydrogens is 288 g/mol. The molecule has 1 aromatic heterocycles. The normalized spacial score (nSPS) is 16.1. The minimum Gasteiger partial charge on any atom is -0.465 e. The first-order valence-corrected chi connectivity index (χ1v) is 8.63. The molecule has 0 amide bonds. The van der Waals surface area contributed by atoms with Gasteiger partial charge in [0.05, 0.1) is 6.61 Å². The molecule has 0 aliphatic carbocycles. The molecule has 118 valence electrons. The summed E-state index contributed by atoms with van der Waals surface area (Å²) in [7, 11) is 1.79. The molecule has 6 nitrogen and oxygen atoms in total. The number of nitrogens with one attached hydrogen (secondary N) is 1. The number of nitrogens with zero attached hydrogens (tertiary/aromatic N) is 3. The number of hydrogen-bond donors (Lipinski definition) is 1. The Bertz CT molecular complexity index is 464. The second-order valence-electron chi connectivity index (χ2n) is 5.09. The maximum Gasteiger partial charge on any atom is 0.323 e. The number of carbonyl (C=O) groups is 1. The van der Waals surface area contributed by atoms with Crippen LogP contribution in [0.5, 0.6) is 0 Å². The molecule has 1 N–H and O–H groups in total. The van der Waals surface area contributed by atoms with Gasteiger partial charge in [-0.2, -0.15) is 0 Å². The number of likely N-dealkylation sites (N-methyl/N-ethyl adjacent to an activating group) is 1. The van der Waals surface area contributed by atoms with Crippen molar-refractivity contribution < 1.29 is 9.53 Å². The van der Waals surface area contributed by atoms with Gasteiger partial charge in [-0.1, -0.05) is 18.2 Å². The van der Waals surface area contributed by atoms with Crippen molar-refractivity contribution in [3.63, 3.8) is 0 Å². The molecule has 0 radical (unpaired) electrons. The van der Waals surface area contributed by atoms with Crippen molar-refractivity contribution in [2.75, 3.05) is 19.4 Å². The maximum atomic E-state index is 11.7. The van der Waals surface area contributed by atoms with Gasteiger partial charge in [0.2, 0.25) is 0 Å². The standard InChI is InChI=1S/C14H24N4O2S/c1-3-20-13(19)11(15-2)8-10-21-14-17-16-12-7-5-4-6-9-18(12)14/h11,15H,3-10H2,1-2H3. The van der Waals surface area contributed by atoms with Crippen molar-refractivity contribution in [1.29, 1.82) is 0 Å². The third kappa shape index (κ3) is 4.44. The highest BCUT2D eigenvalue weighted by Crippen LogP contribution is 2.22. The minimum atomic E-state index is -0.246. The van der Waals surface area contributed by atoms with Gasteiger partial charge in [-0.15, -0.1) is 10.2 Å². The number of esters is 1. The molecular formula is C14H24N4O2S. The van der Waals surface area contributed by atoms with Crippen LogP contribution in [0.1, 0.15) is 38.4 Å². The number of aromatic nitrogens is 3. The van der Waals surface area contributed by atoms with Crippen molar-refractivity contribution in [3.8, 4) is 0 Å². The van der Waals surface area contributed by atoms with Crippen molar-refractivity contribution in [2.24, 2.45) is 0 Å². The lowest BCUT2D eigenvalue weighted by atomic mass is 10.2. The number of carbonyl (C=O) groups excluding carboxylic acids is 1. The first kappa shape index (κ1) is 16.3. The average molecular weight is 312 g/mol. The van der Waals surface area contributed by atoms with Crippen LogP contribution in [0.15, 0.2) is 5.16 Å². The molecule has 0 saturated heterocycles. The largest absolute Gasteiger partial charge is 0.465 e. The van der Waals surface area contributed by atoms with Crippen LogP contribution in [-0.4, -0.2) is 46.2 Å². The lowest BCUT2D eigenvalue weighted by Gasteiger charge is -2.14. The molecule has 0 saturated carbocycles. The van der Waals surface area contributed by atoms with Gasteiger partial charge in [0, 0.05) is 18.7 Å². The van der Waals surface area contributed by atoms with E-state index in [0.717, 1.165) is 36.1 Å². The second-order valence-corrected chi connectivity index (χ2v) is 6.15. The first-order chi connectivity index (χ1) is 10.3. The Labute approximate surface area is 130 Å². The van der Waals surface area contributed by atoms with E-state index in [1.54, 1.807) is 18.8 Å². The number of rotatable bonds is 7. The van der Waals surface area contributed by atoms with E-state index in [4.69, 9.17) is 4.74 Å². The third-order valence-electron chi connectivity index (χ3n) is 3.63. The number of ether oxygens (including phenoxy) is 1. The van der Waals surface area contributed by atoms with Crippen LogP contribution in [0.2, 0.25) is 0 Å². The summed E-state index contributed by atoms with van der Waals surface area (Å²) in [5.74, 6) is 1.74. The summed E-state index contributed by atoms with van der Waals surface area (Å²) in [5, 5.41) is 12.6. The Morgan fingerprint density at radius 3 is 3.05 bits per heavy atom. The number of aryl methyl sites for hydroxylation is 1. The summed E-state index contributed by atoms with van der Waals surface area (Å²) in [4.78, 5) is 11.7. The number of fused-ring (bicyclic) bond motifs is 1. The van der Waals surface area contributed by atoms with E-state index in [9.17, 15) is 4.79 Å². The SMILES string of the molecule is CCOC(=O)C(CCSc1nnc2n1CCCCC2)NC. The molecule has 0 fully saturated rings. The van der Waals surface area contributed by atoms with Crippen LogP contribution in [0.4, 0.5) is 0 Å². The van der Waals surface area contributed by atoms with Gasteiger partial charge in [-0.25, -0.2) is 0 Å². The fourth-order valence-electron chi connectivity index (χ4n) is 2.46. The Hall–Kier alpha value is -1.08. The van der Waals surface area contributed by atoms with Crippen molar-refractivity contribution >= 4 is 17.7 Å². The van der Waals surface area contributed by atoms with E-state index < -0.39 is 0 Å². The van der Waals surface area contributed by atoms with E-state index in [1.807, 2.05) is 6.92 Å². The zero-order chi connectivity index (χ0) is 15.1. The monoisotopic (exact) mass is 312 g/mol. The van der Waals surface area contributed by atoms with E-state index in [2.05, 4.69) is 20.1 Å². The highest BCUT2D eigenvalue weighted by molar-refractivity contribution is 7.99. The van der Waals surface area contributed by atoms with E-state index in [-0.39, 0.29) is 12.0 Å². The van der Waals surface area contributed by atoms with Crippen LogP contribution in [0.3, 0.4) is 0 Å². The van der Waals surface area contributed by atoms with Gasteiger partial charge in [-0.05, 0) is 33.2 Å². The van der Waals surface area contributed by atoms with Gasteiger partial charge in [-0.3, -0.25) is 4.79 Å². The van der Waals surface area contributed by atoms with Crippen LogP contribution in [-0.2, 0) is 22.5 Å². The van der Waals surface area contributed by atoms with Crippen molar-refractivity contribution in [1.82, 2.24) is 20.1 Å². The predicted octanol–water partition coefficient (Wildman–Crippen LogP) is 1.64. The Kier molecular flexibility index (Phi) is 6.50. The molecule has 0 spiro atoms. The fraction of sp³-hybridized carbons (Fsp3) is 0.786. The molecule has 1 aliphatic rings. The van der Waals surface area contributed by atoms with Crippen LogP contribution in [0.25, 0.3) is 0 Å². The van der Waals surface area contributed by atoms with E-state index in [1.165, 1.54) is 19.3 Å². The number of hydrogen-bond acceptors (Lipinski definition) is 6. The molecule has 1 atom stereocenters. The molecule has 2 rings (SSSR count). The summed E-state index contributed by atoms with van der Waals surface area (Å²) in [6.07, 6.45) is 5.41. The Morgan fingerprint density at radius 2 is 2.29 bits per heavy atom. The zero-order valence-corrected chi connectivity index (χ0v) is 13.6. The fourth-order valence-corrected chi connectivity index (χ4v) is 3.44. The molecule has 1 aromatic rings. The Morgan fingerprint density at radius 1 is 1.43 bits per heavy atom. The summed E-state index contributed by atoms with van der Waals surface area (Å²) in [5.41, 5.74) is 0. The first-order valence-electron chi connectivity index (χ1n) is 7.65. The van der Waals surface area contributed by atoms with Crippen molar-refractivity contribution in [3.05, 3.63) is 5.82 Å². The summed E-state index contributed by atoms with van der Waals surface area (Å²) >= 11 is 1.67. The lowest BCUT2D eigenvalue weighted by molar-refractivity contribution is -0.145. The molecule has 21 heavy (non-hydrogen) atoms. The van der Waals surface area contributed by atoms with Gasteiger partial charge in [0.15, 0.2) is 5.16 Å². The highest BCUT2D eigenvalue weighted by atomic mass is 32.2. The van der Waals surface area contributed by atoms with Gasteiger partial charge >= 0.3 is 5.97 Å². The minimum absolute atomic E-state index is 0.180. The quantitative estimate of drug-likeness (QED) is 0.610. The summed E-state index contributed by atoms with van der Waals surface area (Å²) < 4.78 is 7.28. The van der Waals surface area contributed by atoms with Gasteiger partial charge in [0.1, 0.15) is 11.9 Å². The molecule has 1 aliphatic heterocycles. The van der Waals surface area contributed by atoms with Crippen LogP contribution >= 0.6 is 11.8 Å². The maximum absolute atomic E-state index is 11.7. The smallest absolute Gasteiger partial charge is 0.323 e. The molecule has 0 bridgehead atoms. The van der Waals surface area contributed by atoms with Gasteiger partial charge < -0.3 is 14.6 Å². The molecule has 0 aromatic carbocycles. The summed E-state index contributed by atoms with van der Waals surface area (Å²) in [6, 6.07) is -0.246. The summed E-state index contributed by atoms with van der Waals surface area (Å²) in [6.45, 7) is 3.25. The van der Waals surface area contributed by atoms with Gasteiger partial charge in [0.25, 0.3) is 0 Å². The van der Waals surface area contributed by atoms with Crippen LogP contribution in [0, 0.1) is 0 Å². The third-order valence-corrected chi connectivity index (χ3v) is 4.63. The van der Waals surface area contributed by atoms with Crippen molar-refractivity contribution in [2.45, 2.75) is 56.8 Å². The van der Waals surface area contributed by atoms with E-state index in [0.29, 0.717) is 6.61 Å². The van der Waals surface area contributed by atoms with Crippen LogP contribution < -0.4 is 5.32 Å². The predicted molar refractivity (Wildman–Crippen MR) is 82.4 cm³/mol. The number of thioether (sulfide) groups is 1.